The molecule has 1 fully saturated rings. The number of hydrogen-bond donors (Lipinski definition) is 1. The van der Waals surface area contributed by atoms with E-state index in [1.54, 1.807) is 0 Å². The van der Waals surface area contributed by atoms with Gasteiger partial charge in [-0.15, -0.1) is 0 Å². The summed E-state index contributed by atoms with van der Waals surface area (Å²) in [5, 5.41) is 1.32. The Bertz CT molecular complexity index is 588. The molecule has 4 nitrogen and oxygen atoms in total. The Kier molecular flexibility index (Phi) is 3.42. The van der Waals surface area contributed by atoms with E-state index in [1.807, 2.05) is 45.9 Å². The summed E-state index contributed by atoms with van der Waals surface area (Å²) in [7, 11) is 0. The summed E-state index contributed by atoms with van der Waals surface area (Å²) < 4.78 is 0. The predicted octanol–water partition coefficient (Wildman–Crippen LogP) is 2.41. The van der Waals surface area contributed by atoms with Crippen molar-refractivity contribution in [2.75, 3.05) is 5.01 Å². The minimum absolute atomic E-state index is 0.265. The number of benzene rings is 1. The van der Waals surface area contributed by atoms with Crippen LogP contribution in [0, 0.1) is 13.8 Å². The van der Waals surface area contributed by atoms with Crippen LogP contribution in [0.4, 0.5) is 5.69 Å². The van der Waals surface area contributed by atoms with E-state index in [1.165, 1.54) is 5.01 Å². The number of nitrogens with one attached hydrogen (secondary N) is 1. The van der Waals surface area contributed by atoms with Gasteiger partial charge in [0.15, 0.2) is 0 Å². The first kappa shape index (κ1) is 13.3. The summed E-state index contributed by atoms with van der Waals surface area (Å²) in [5.74, 6) is -0.588. The molecule has 0 unspecified atom stereocenters. The maximum atomic E-state index is 12.3. The van der Waals surface area contributed by atoms with Crippen LogP contribution in [0.15, 0.2) is 29.3 Å². The van der Waals surface area contributed by atoms with Gasteiger partial charge in [0.2, 0.25) is 0 Å². The van der Waals surface area contributed by atoms with Crippen LogP contribution in [-0.4, -0.2) is 11.8 Å². The number of allylic oxidation sites excluding steroid dienone is 1. The van der Waals surface area contributed by atoms with E-state index in [0.717, 1.165) is 16.7 Å². The quantitative estimate of drug-likeness (QED) is 0.654. The molecule has 100 valence electrons. The molecule has 2 rings (SSSR count). The molecule has 2 amide bonds. The first-order valence-corrected chi connectivity index (χ1v) is 6.38. The van der Waals surface area contributed by atoms with Gasteiger partial charge in [-0.1, -0.05) is 18.6 Å². The Morgan fingerprint density at radius 3 is 2.47 bits per heavy atom. The number of carbonyl (C=O) groups is 2. The van der Waals surface area contributed by atoms with E-state index in [9.17, 15) is 9.59 Å². The lowest BCUT2D eigenvalue weighted by molar-refractivity contribution is -0.117. The number of aryl methyl sites for hydroxylation is 2. The van der Waals surface area contributed by atoms with E-state index in [0.29, 0.717) is 12.1 Å². The second-order valence-corrected chi connectivity index (χ2v) is 4.86. The second-order valence-electron chi connectivity index (χ2n) is 4.86. The van der Waals surface area contributed by atoms with Crippen molar-refractivity contribution in [3.8, 4) is 0 Å². The van der Waals surface area contributed by atoms with Crippen molar-refractivity contribution in [2.45, 2.75) is 34.1 Å². The zero-order chi connectivity index (χ0) is 14.2. The molecule has 4 heteroatoms. The highest BCUT2D eigenvalue weighted by Gasteiger charge is 2.35. The van der Waals surface area contributed by atoms with Gasteiger partial charge in [0.1, 0.15) is 5.57 Å². The Balaban J connectivity index is 2.41. The van der Waals surface area contributed by atoms with E-state index in [-0.39, 0.29) is 17.4 Å². The van der Waals surface area contributed by atoms with Crippen molar-refractivity contribution in [3.63, 3.8) is 0 Å². The lowest BCUT2D eigenvalue weighted by Crippen LogP contribution is -2.35. The summed E-state index contributed by atoms with van der Waals surface area (Å²) in [6.07, 6.45) is 0.690. The average Bonchev–Trinajstić information content (AvgIpc) is 2.67. The van der Waals surface area contributed by atoms with E-state index >= 15 is 0 Å². The molecule has 1 aromatic rings. The normalized spacial score (nSPS) is 17.8. The van der Waals surface area contributed by atoms with Crippen LogP contribution in [0.3, 0.4) is 0 Å². The minimum Gasteiger partial charge on any atom is -0.267 e. The standard InChI is InChI=1S/C15H18N2O2/c1-5-9(2)13-14(18)16-17(15(13)19)12-7-6-10(3)11(4)8-12/h6-8H,5H2,1-4H3,(H,16,18)/b13-9+. The second kappa shape index (κ2) is 4.88. The zero-order valence-corrected chi connectivity index (χ0v) is 11.7. The number of hydrogen-bond acceptors (Lipinski definition) is 2. The van der Waals surface area contributed by atoms with E-state index in [2.05, 4.69) is 5.43 Å². The van der Waals surface area contributed by atoms with Crippen LogP contribution in [0.5, 0.6) is 0 Å². The average molecular weight is 258 g/mol. The molecule has 1 aliphatic heterocycles. The van der Waals surface area contributed by atoms with E-state index in [4.69, 9.17) is 0 Å². The number of rotatable bonds is 2. The van der Waals surface area contributed by atoms with E-state index < -0.39 is 0 Å². The summed E-state index contributed by atoms with van der Waals surface area (Å²) in [5.41, 5.74) is 6.63. The molecule has 0 aromatic heterocycles. The van der Waals surface area contributed by atoms with Crippen LogP contribution in [0.25, 0.3) is 0 Å². The van der Waals surface area contributed by atoms with Gasteiger partial charge in [0.25, 0.3) is 11.8 Å². The largest absolute Gasteiger partial charge is 0.282 e. The number of amides is 2. The van der Waals surface area contributed by atoms with Crippen LogP contribution in [0.1, 0.15) is 31.4 Å². The molecule has 0 aliphatic carbocycles. The molecule has 1 N–H and O–H groups in total. The van der Waals surface area contributed by atoms with Crippen molar-refractivity contribution in [1.29, 1.82) is 0 Å². The van der Waals surface area contributed by atoms with Crippen LogP contribution in [-0.2, 0) is 9.59 Å². The molecule has 0 radical (unpaired) electrons. The van der Waals surface area contributed by atoms with Crippen molar-refractivity contribution in [3.05, 3.63) is 40.5 Å². The molecule has 0 spiro atoms. The lowest BCUT2D eigenvalue weighted by Gasteiger charge is -2.16. The van der Waals surface area contributed by atoms with Crippen LogP contribution < -0.4 is 10.4 Å². The number of anilines is 1. The third kappa shape index (κ3) is 2.26. The lowest BCUT2D eigenvalue weighted by atomic mass is 10.1. The molecule has 1 aromatic carbocycles. The third-order valence-corrected chi connectivity index (χ3v) is 3.56. The first-order valence-electron chi connectivity index (χ1n) is 6.38. The smallest absolute Gasteiger partial charge is 0.267 e. The topological polar surface area (TPSA) is 49.4 Å². The van der Waals surface area contributed by atoms with Gasteiger partial charge < -0.3 is 0 Å². The van der Waals surface area contributed by atoms with Gasteiger partial charge in [-0.3, -0.25) is 15.0 Å². The summed E-state index contributed by atoms with van der Waals surface area (Å²) in [6.45, 7) is 7.74. The minimum atomic E-state index is -0.317. The van der Waals surface area contributed by atoms with Crippen molar-refractivity contribution < 1.29 is 9.59 Å². The SMILES string of the molecule is CC/C(C)=C1\C(=O)NN(c2ccc(C)c(C)c2)C1=O. The van der Waals surface area contributed by atoms with Crippen LogP contribution in [0.2, 0.25) is 0 Å². The van der Waals surface area contributed by atoms with Gasteiger partial charge in [-0.25, -0.2) is 5.01 Å². The zero-order valence-electron chi connectivity index (χ0n) is 11.7. The Hall–Kier alpha value is -2.10. The molecule has 1 saturated heterocycles. The number of hydrazine groups is 1. The first-order chi connectivity index (χ1) is 8.95. The van der Waals surface area contributed by atoms with Gasteiger partial charge in [-0.2, -0.15) is 0 Å². The highest BCUT2D eigenvalue weighted by Crippen LogP contribution is 2.24. The summed E-state index contributed by atoms with van der Waals surface area (Å²) in [6, 6.07) is 5.68. The highest BCUT2D eigenvalue weighted by atomic mass is 16.2. The van der Waals surface area contributed by atoms with Crippen molar-refractivity contribution in [1.82, 2.24) is 5.43 Å². The molecular weight excluding hydrogens is 240 g/mol. The molecule has 1 heterocycles. The fourth-order valence-corrected chi connectivity index (χ4v) is 2.02. The molecule has 0 atom stereocenters. The summed E-state index contributed by atoms with van der Waals surface area (Å²) in [4.78, 5) is 24.2. The van der Waals surface area contributed by atoms with Gasteiger partial charge >= 0.3 is 0 Å². The Morgan fingerprint density at radius 1 is 1.21 bits per heavy atom. The molecular formula is C15H18N2O2. The van der Waals surface area contributed by atoms with Crippen LogP contribution >= 0.6 is 0 Å². The maximum absolute atomic E-state index is 12.3. The monoisotopic (exact) mass is 258 g/mol. The van der Waals surface area contributed by atoms with Gasteiger partial charge in [0, 0.05) is 0 Å². The highest BCUT2D eigenvalue weighted by molar-refractivity contribution is 6.29. The Morgan fingerprint density at radius 2 is 1.89 bits per heavy atom. The molecule has 0 saturated carbocycles. The number of nitrogens with zero attached hydrogens (tertiary/aromatic N) is 1. The fourth-order valence-electron chi connectivity index (χ4n) is 2.02. The number of carbonyl (C=O) groups excluding carboxylic acids is 2. The maximum Gasteiger partial charge on any atom is 0.282 e. The van der Waals surface area contributed by atoms with Gasteiger partial charge in [0.05, 0.1) is 5.69 Å². The van der Waals surface area contributed by atoms with Crippen molar-refractivity contribution in [2.24, 2.45) is 0 Å². The summed E-state index contributed by atoms with van der Waals surface area (Å²) >= 11 is 0. The fraction of sp³-hybridized carbons (Fsp3) is 0.333. The molecule has 19 heavy (non-hydrogen) atoms. The molecule has 1 aliphatic rings. The third-order valence-electron chi connectivity index (χ3n) is 3.56. The molecule has 0 bridgehead atoms. The van der Waals surface area contributed by atoms with Gasteiger partial charge in [-0.05, 0) is 50.5 Å². The predicted molar refractivity (Wildman–Crippen MR) is 74.5 cm³/mol. The van der Waals surface area contributed by atoms with Crippen molar-refractivity contribution >= 4 is 17.5 Å². The Labute approximate surface area is 113 Å².